The highest BCUT2D eigenvalue weighted by Crippen LogP contribution is 2.39. The van der Waals surface area contributed by atoms with Crippen LogP contribution in [0.1, 0.15) is 17.2 Å². The van der Waals surface area contributed by atoms with Gasteiger partial charge in [0.2, 0.25) is 0 Å². The van der Waals surface area contributed by atoms with E-state index in [9.17, 15) is 14.7 Å². The molecule has 164 valence electrons. The molecule has 1 aliphatic heterocycles. The number of nitrogens with zero attached hydrogens (tertiary/aromatic N) is 1. The van der Waals surface area contributed by atoms with Gasteiger partial charge in [0, 0.05) is 12.1 Å². The summed E-state index contributed by atoms with van der Waals surface area (Å²) in [5.74, 6) is -0.521. The van der Waals surface area contributed by atoms with Crippen LogP contribution < -0.4 is 9.47 Å². The standard InChI is InChI=1S/C23H25NO7/c1-29-17-7-3-15(4-8-17)20-19(21(26)16-5-9-18(30-2)10-6-16)22(27)23(28)24(20)11-13-31-14-12-25/h3-10,20,25-26H,11-14H2,1-2H3/b21-19+. The Bertz CT molecular complexity index is 951. The molecule has 8 heteroatoms. The maximum Gasteiger partial charge on any atom is 0.295 e. The monoisotopic (exact) mass is 427 g/mol. The molecule has 31 heavy (non-hydrogen) atoms. The van der Waals surface area contributed by atoms with Gasteiger partial charge >= 0.3 is 0 Å². The van der Waals surface area contributed by atoms with E-state index in [4.69, 9.17) is 19.3 Å². The summed E-state index contributed by atoms with van der Waals surface area (Å²) >= 11 is 0. The van der Waals surface area contributed by atoms with E-state index in [1.165, 1.54) is 12.0 Å². The van der Waals surface area contributed by atoms with Gasteiger partial charge in [-0.1, -0.05) is 12.1 Å². The molecule has 0 saturated carbocycles. The molecule has 2 N–H and O–H groups in total. The van der Waals surface area contributed by atoms with Gasteiger partial charge in [0.1, 0.15) is 17.3 Å². The van der Waals surface area contributed by atoms with E-state index in [0.717, 1.165) is 0 Å². The number of hydrogen-bond acceptors (Lipinski definition) is 7. The van der Waals surface area contributed by atoms with Gasteiger partial charge in [0.25, 0.3) is 11.7 Å². The molecule has 2 aromatic carbocycles. The first-order chi connectivity index (χ1) is 15.0. The van der Waals surface area contributed by atoms with Crippen molar-refractivity contribution < 1.29 is 34.0 Å². The van der Waals surface area contributed by atoms with Gasteiger partial charge in [0.15, 0.2) is 0 Å². The molecule has 8 nitrogen and oxygen atoms in total. The average Bonchev–Trinajstić information content (AvgIpc) is 3.06. The fourth-order valence-electron chi connectivity index (χ4n) is 3.48. The molecule has 1 aliphatic rings. The third-order valence-electron chi connectivity index (χ3n) is 5.05. The largest absolute Gasteiger partial charge is 0.507 e. The first-order valence-corrected chi connectivity index (χ1v) is 9.77. The van der Waals surface area contributed by atoms with Gasteiger partial charge in [-0.2, -0.15) is 0 Å². The van der Waals surface area contributed by atoms with Gasteiger partial charge in [-0.05, 0) is 42.0 Å². The minimum atomic E-state index is -0.786. The summed E-state index contributed by atoms with van der Waals surface area (Å²) in [5.41, 5.74) is 1.05. The molecule has 0 radical (unpaired) electrons. The molecule has 0 spiro atoms. The van der Waals surface area contributed by atoms with Crippen molar-refractivity contribution in [3.05, 3.63) is 65.2 Å². The van der Waals surface area contributed by atoms with Gasteiger partial charge < -0.3 is 29.3 Å². The smallest absolute Gasteiger partial charge is 0.295 e. The fourth-order valence-corrected chi connectivity index (χ4v) is 3.48. The van der Waals surface area contributed by atoms with E-state index in [-0.39, 0.29) is 37.7 Å². The first-order valence-electron chi connectivity index (χ1n) is 9.77. The van der Waals surface area contributed by atoms with E-state index < -0.39 is 17.7 Å². The second-order valence-corrected chi connectivity index (χ2v) is 6.83. The normalized spacial score (nSPS) is 17.8. The van der Waals surface area contributed by atoms with Crippen LogP contribution >= 0.6 is 0 Å². The molecular weight excluding hydrogens is 402 g/mol. The number of carbonyl (C=O) groups excluding carboxylic acids is 2. The Kier molecular flexibility index (Phi) is 7.28. The highest BCUT2D eigenvalue weighted by molar-refractivity contribution is 6.46. The Morgan fingerprint density at radius 1 is 0.935 bits per heavy atom. The zero-order valence-corrected chi connectivity index (χ0v) is 17.4. The van der Waals surface area contributed by atoms with Crippen LogP contribution in [-0.4, -0.2) is 67.4 Å². The minimum absolute atomic E-state index is 0.00231. The van der Waals surface area contributed by atoms with Crippen molar-refractivity contribution in [2.24, 2.45) is 0 Å². The van der Waals surface area contributed by atoms with Gasteiger partial charge in [0.05, 0.1) is 45.7 Å². The maximum atomic E-state index is 12.9. The second-order valence-electron chi connectivity index (χ2n) is 6.83. The predicted octanol–water partition coefficient (Wildman–Crippen LogP) is 2.13. The quantitative estimate of drug-likeness (QED) is 0.273. The van der Waals surface area contributed by atoms with E-state index >= 15 is 0 Å². The molecule has 0 bridgehead atoms. The number of aliphatic hydroxyl groups excluding tert-OH is 2. The third-order valence-corrected chi connectivity index (χ3v) is 5.05. The molecule has 1 amide bonds. The molecule has 1 fully saturated rings. The fraction of sp³-hybridized carbons (Fsp3) is 0.304. The Labute approximate surface area is 180 Å². The number of carbonyl (C=O) groups is 2. The van der Waals surface area contributed by atoms with Crippen molar-refractivity contribution in [2.45, 2.75) is 6.04 Å². The zero-order chi connectivity index (χ0) is 22.4. The van der Waals surface area contributed by atoms with Gasteiger partial charge in [-0.3, -0.25) is 9.59 Å². The van der Waals surface area contributed by atoms with Crippen LogP contribution in [0.5, 0.6) is 11.5 Å². The molecule has 0 aromatic heterocycles. The number of likely N-dealkylation sites (tertiary alicyclic amines) is 1. The molecule has 1 saturated heterocycles. The lowest BCUT2D eigenvalue weighted by Crippen LogP contribution is -2.33. The van der Waals surface area contributed by atoms with E-state index in [1.807, 2.05) is 0 Å². The summed E-state index contributed by atoms with van der Waals surface area (Å²) in [5, 5.41) is 19.9. The lowest BCUT2D eigenvalue weighted by atomic mass is 9.95. The van der Waals surface area contributed by atoms with Gasteiger partial charge in [-0.15, -0.1) is 0 Å². The van der Waals surface area contributed by atoms with Crippen molar-refractivity contribution in [3.8, 4) is 11.5 Å². The van der Waals surface area contributed by atoms with Gasteiger partial charge in [-0.25, -0.2) is 0 Å². The number of ether oxygens (including phenoxy) is 3. The molecule has 3 rings (SSSR count). The zero-order valence-electron chi connectivity index (χ0n) is 17.4. The Morgan fingerprint density at radius 3 is 2.06 bits per heavy atom. The lowest BCUT2D eigenvalue weighted by Gasteiger charge is -2.25. The SMILES string of the molecule is COc1ccc(/C(O)=C2\C(=O)C(=O)N(CCOCCO)C2c2ccc(OC)cc2)cc1. The van der Waals surface area contributed by atoms with Crippen LogP contribution in [0, 0.1) is 0 Å². The Morgan fingerprint density at radius 2 is 1.52 bits per heavy atom. The van der Waals surface area contributed by atoms with Crippen LogP contribution in [0.4, 0.5) is 0 Å². The third kappa shape index (κ3) is 4.70. The van der Waals surface area contributed by atoms with Crippen LogP contribution in [0.15, 0.2) is 54.1 Å². The molecule has 2 aromatic rings. The first kappa shape index (κ1) is 22.3. The van der Waals surface area contributed by atoms with Crippen molar-refractivity contribution in [1.29, 1.82) is 0 Å². The number of amides is 1. The summed E-state index contributed by atoms with van der Waals surface area (Å²) in [6.45, 7) is 0.255. The van der Waals surface area contributed by atoms with Crippen LogP contribution in [0.3, 0.4) is 0 Å². The molecule has 1 atom stereocenters. The predicted molar refractivity (Wildman–Crippen MR) is 113 cm³/mol. The summed E-state index contributed by atoms with van der Waals surface area (Å²) in [7, 11) is 3.08. The van der Waals surface area contributed by atoms with Crippen LogP contribution in [0.2, 0.25) is 0 Å². The van der Waals surface area contributed by atoms with Crippen LogP contribution in [-0.2, 0) is 14.3 Å². The van der Waals surface area contributed by atoms with E-state index in [1.54, 1.807) is 55.6 Å². The summed E-state index contributed by atoms with van der Waals surface area (Å²) < 4.78 is 15.6. The summed E-state index contributed by atoms with van der Waals surface area (Å²) in [6.07, 6.45) is 0. The Hall–Kier alpha value is -3.36. The number of ketones is 1. The van der Waals surface area contributed by atoms with Crippen molar-refractivity contribution in [2.75, 3.05) is 40.6 Å². The summed E-state index contributed by atoms with van der Waals surface area (Å²) in [4.78, 5) is 27.1. The second kappa shape index (κ2) is 10.1. The molecular formula is C23H25NO7. The number of aliphatic hydroxyl groups is 2. The number of methoxy groups -OCH3 is 2. The van der Waals surface area contributed by atoms with Crippen molar-refractivity contribution in [3.63, 3.8) is 0 Å². The van der Waals surface area contributed by atoms with E-state index in [0.29, 0.717) is 22.6 Å². The minimum Gasteiger partial charge on any atom is -0.507 e. The van der Waals surface area contributed by atoms with E-state index in [2.05, 4.69) is 0 Å². The highest BCUT2D eigenvalue weighted by Gasteiger charge is 2.45. The van der Waals surface area contributed by atoms with Crippen molar-refractivity contribution >= 4 is 17.4 Å². The Balaban J connectivity index is 2.04. The summed E-state index contributed by atoms with van der Waals surface area (Å²) in [6, 6.07) is 12.7. The number of rotatable bonds is 9. The van der Waals surface area contributed by atoms with Crippen LogP contribution in [0.25, 0.3) is 5.76 Å². The topological polar surface area (TPSA) is 106 Å². The highest BCUT2D eigenvalue weighted by atomic mass is 16.5. The van der Waals surface area contributed by atoms with Crippen molar-refractivity contribution in [1.82, 2.24) is 4.90 Å². The number of Topliss-reactive ketones (excluding diaryl/α,β-unsaturated/α-hetero) is 1. The lowest BCUT2D eigenvalue weighted by molar-refractivity contribution is -0.140. The number of hydrogen-bond donors (Lipinski definition) is 2. The molecule has 1 heterocycles. The molecule has 0 aliphatic carbocycles. The molecule has 1 unspecified atom stereocenters. The average molecular weight is 427 g/mol. The number of benzene rings is 2. The maximum absolute atomic E-state index is 12.9.